The number of aromatic amines is 1. The maximum Gasteiger partial charge on any atom is 0.305 e. The van der Waals surface area contributed by atoms with Crippen molar-refractivity contribution in [2.45, 2.75) is 45.2 Å². The number of rotatable bonds is 4. The summed E-state index contributed by atoms with van der Waals surface area (Å²) in [4.78, 5) is 18.2. The van der Waals surface area contributed by atoms with Crippen LogP contribution in [0.2, 0.25) is 0 Å². The Morgan fingerprint density at radius 2 is 2.09 bits per heavy atom. The van der Waals surface area contributed by atoms with Gasteiger partial charge in [0.1, 0.15) is 5.82 Å². The van der Waals surface area contributed by atoms with Gasteiger partial charge in [-0.15, -0.1) is 0 Å². The third kappa shape index (κ3) is 3.31. The predicted molar refractivity (Wildman–Crippen MR) is 88.7 cm³/mol. The van der Waals surface area contributed by atoms with Crippen LogP contribution in [0.5, 0.6) is 0 Å². The summed E-state index contributed by atoms with van der Waals surface area (Å²) in [5, 5.41) is 0. The number of piperidine rings is 1. The van der Waals surface area contributed by atoms with E-state index in [1.165, 1.54) is 42.7 Å². The lowest BCUT2D eigenvalue weighted by Gasteiger charge is -2.35. The zero-order chi connectivity index (χ0) is 15.5. The van der Waals surface area contributed by atoms with Gasteiger partial charge in [0.05, 0.1) is 5.69 Å². The number of likely N-dealkylation sites (tertiary alicyclic amines) is 1. The second-order valence-corrected chi connectivity index (χ2v) is 6.92. The van der Waals surface area contributed by atoms with Crippen LogP contribution in [0.15, 0.2) is 29.1 Å². The van der Waals surface area contributed by atoms with Gasteiger partial charge in [-0.3, -0.25) is 9.69 Å². The summed E-state index contributed by atoms with van der Waals surface area (Å²) in [6, 6.07) is 6.93. The van der Waals surface area contributed by atoms with E-state index in [4.69, 9.17) is 0 Å². The number of halogens is 1. The molecule has 1 atom stereocenters. The molecule has 118 valence electrons. The normalized spacial score (nSPS) is 19.5. The SMILES string of the molecule is CCC1CCCCN1Cc1sc(=O)[nH]c1-c1ccc(F)cc1. The molecule has 1 fully saturated rings. The maximum atomic E-state index is 13.1. The van der Waals surface area contributed by atoms with Gasteiger partial charge in [-0.05, 0) is 55.6 Å². The first-order chi connectivity index (χ1) is 10.7. The lowest BCUT2D eigenvalue weighted by molar-refractivity contribution is 0.137. The Morgan fingerprint density at radius 1 is 1.32 bits per heavy atom. The summed E-state index contributed by atoms with van der Waals surface area (Å²) < 4.78 is 13.1. The molecule has 0 spiro atoms. The highest BCUT2D eigenvalue weighted by Gasteiger charge is 2.23. The number of hydrogen-bond donors (Lipinski definition) is 1. The molecule has 0 amide bonds. The Bertz CT molecular complexity index is 677. The van der Waals surface area contributed by atoms with Crippen molar-refractivity contribution < 1.29 is 4.39 Å². The molecule has 22 heavy (non-hydrogen) atoms. The van der Waals surface area contributed by atoms with Crippen LogP contribution >= 0.6 is 11.3 Å². The second-order valence-electron chi connectivity index (χ2n) is 5.85. The molecule has 0 aliphatic carbocycles. The summed E-state index contributed by atoms with van der Waals surface area (Å²) in [5.74, 6) is -0.259. The fraction of sp³-hybridized carbons (Fsp3) is 0.471. The summed E-state index contributed by atoms with van der Waals surface area (Å²) in [6.07, 6.45) is 4.90. The highest BCUT2D eigenvalue weighted by molar-refractivity contribution is 7.09. The first-order valence-corrected chi connectivity index (χ1v) is 8.71. The Kier molecular flexibility index (Phi) is 4.74. The summed E-state index contributed by atoms with van der Waals surface area (Å²) >= 11 is 1.27. The fourth-order valence-corrected chi connectivity index (χ4v) is 4.11. The van der Waals surface area contributed by atoms with Crippen molar-refractivity contribution in [3.63, 3.8) is 0 Å². The average Bonchev–Trinajstić information content (AvgIpc) is 2.89. The molecule has 2 heterocycles. The molecule has 1 saturated heterocycles. The largest absolute Gasteiger partial charge is 0.312 e. The Hall–Kier alpha value is -1.46. The van der Waals surface area contributed by atoms with Crippen LogP contribution in [0.25, 0.3) is 11.3 Å². The molecule has 1 aliphatic heterocycles. The molecule has 3 rings (SSSR count). The van der Waals surface area contributed by atoms with Gasteiger partial charge in [-0.2, -0.15) is 0 Å². The monoisotopic (exact) mass is 320 g/mol. The topological polar surface area (TPSA) is 36.1 Å². The lowest BCUT2D eigenvalue weighted by atomic mass is 9.99. The van der Waals surface area contributed by atoms with Gasteiger partial charge in [0.25, 0.3) is 0 Å². The Balaban J connectivity index is 1.87. The number of aromatic nitrogens is 1. The van der Waals surface area contributed by atoms with E-state index in [-0.39, 0.29) is 10.7 Å². The number of thiazole rings is 1. The molecule has 0 radical (unpaired) electrons. The first kappa shape index (κ1) is 15.4. The van der Waals surface area contributed by atoms with Gasteiger partial charge in [-0.1, -0.05) is 24.7 Å². The summed E-state index contributed by atoms with van der Waals surface area (Å²) in [6.45, 7) is 4.12. The Morgan fingerprint density at radius 3 is 2.82 bits per heavy atom. The van der Waals surface area contributed by atoms with E-state index in [9.17, 15) is 9.18 Å². The van der Waals surface area contributed by atoms with Crippen molar-refractivity contribution in [1.82, 2.24) is 9.88 Å². The molecule has 1 aliphatic rings. The minimum atomic E-state index is -0.259. The molecule has 1 aromatic carbocycles. The molecule has 0 saturated carbocycles. The van der Waals surface area contributed by atoms with Crippen molar-refractivity contribution in [2.24, 2.45) is 0 Å². The molecule has 1 aromatic heterocycles. The predicted octanol–water partition coefficient (Wildman–Crippen LogP) is 4.01. The van der Waals surface area contributed by atoms with E-state index in [0.717, 1.165) is 35.6 Å². The lowest BCUT2D eigenvalue weighted by Crippen LogP contribution is -2.38. The zero-order valence-electron chi connectivity index (χ0n) is 12.8. The van der Waals surface area contributed by atoms with Gasteiger partial charge >= 0.3 is 4.87 Å². The van der Waals surface area contributed by atoms with Crippen molar-refractivity contribution in [3.05, 3.63) is 44.6 Å². The standard InChI is InChI=1S/C17H21FN2OS/c1-2-14-5-3-4-10-20(14)11-15-16(19-17(21)22-15)12-6-8-13(18)9-7-12/h6-9,14H,2-5,10-11H2,1H3,(H,19,21). The van der Waals surface area contributed by atoms with Gasteiger partial charge in [0.2, 0.25) is 0 Å². The molecule has 1 N–H and O–H groups in total. The van der Waals surface area contributed by atoms with Crippen molar-refractivity contribution in [1.29, 1.82) is 0 Å². The van der Waals surface area contributed by atoms with E-state index in [0.29, 0.717) is 6.04 Å². The number of H-pyrrole nitrogens is 1. The number of nitrogens with one attached hydrogen (secondary N) is 1. The minimum Gasteiger partial charge on any atom is -0.312 e. The smallest absolute Gasteiger partial charge is 0.305 e. The number of nitrogens with zero attached hydrogens (tertiary/aromatic N) is 1. The van der Waals surface area contributed by atoms with Crippen LogP contribution in [0, 0.1) is 5.82 Å². The number of benzene rings is 1. The van der Waals surface area contributed by atoms with E-state index < -0.39 is 0 Å². The fourth-order valence-electron chi connectivity index (χ4n) is 3.24. The average molecular weight is 320 g/mol. The second kappa shape index (κ2) is 6.75. The molecule has 5 heteroatoms. The summed E-state index contributed by atoms with van der Waals surface area (Å²) in [7, 11) is 0. The van der Waals surface area contributed by atoms with Crippen molar-refractivity contribution in [3.8, 4) is 11.3 Å². The van der Waals surface area contributed by atoms with Gasteiger partial charge in [0, 0.05) is 17.5 Å². The highest BCUT2D eigenvalue weighted by Crippen LogP contribution is 2.28. The van der Waals surface area contributed by atoms with E-state index in [1.807, 2.05) is 0 Å². The summed E-state index contributed by atoms with van der Waals surface area (Å²) in [5.41, 5.74) is 1.72. The highest BCUT2D eigenvalue weighted by atomic mass is 32.1. The van der Waals surface area contributed by atoms with Gasteiger partial charge in [0.15, 0.2) is 0 Å². The third-order valence-electron chi connectivity index (χ3n) is 4.42. The minimum absolute atomic E-state index is 0.0422. The van der Waals surface area contributed by atoms with Crippen LogP contribution in [0.1, 0.15) is 37.5 Å². The van der Waals surface area contributed by atoms with Gasteiger partial charge < -0.3 is 4.98 Å². The quantitative estimate of drug-likeness (QED) is 0.924. The Labute approximate surface area is 133 Å². The molecule has 0 bridgehead atoms. The first-order valence-electron chi connectivity index (χ1n) is 7.89. The van der Waals surface area contributed by atoms with E-state index in [1.54, 1.807) is 12.1 Å². The zero-order valence-corrected chi connectivity index (χ0v) is 13.6. The van der Waals surface area contributed by atoms with E-state index >= 15 is 0 Å². The maximum absolute atomic E-state index is 13.1. The van der Waals surface area contributed by atoms with Crippen LogP contribution in [0.4, 0.5) is 4.39 Å². The molecule has 3 nitrogen and oxygen atoms in total. The molecule has 2 aromatic rings. The van der Waals surface area contributed by atoms with Gasteiger partial charge in [-0.25, -0.2) is 4.39 Å². The molecular weight excluding hydrogens is 299 g/mol. The van der Waals surface area contributed by atoms with Crippen LogP contribution in [0.3, 0.4) is 0 Å². The molecule has 1 unspecified atom stereocenters. The third-order valence-corrected chi connectivity index (χ3v) is 5.29. The van der Waals surface area contributed by atoms with Crippen molar-refractivity contribution in [2.75, 3.05) is 6.54 Å². The van der Waals surface area contributed by atoms with Crippen LogP contribution in [-0.2, 0) is 6.54 Å². The van der Waals surface area contributed by atoms with Crippen molar-refractivity contribution >= 4 is 11.3 Å². The number of hydrogen-bond acceptors (Lipinski definition) is 3. The van der Waals surface area contributed by atoms with Crippen LogP contribution in [-0.4, -0.2) is 22.5 Å². The van der Waals surface area contributed by atoms with Crippen LogP contribution < -0.4 is 4.87 Å². The van der Waals surface area contributed by atoms with E-state index in [2.05, 4.69) is 16.8 Å². The molecular formula is C17H21FN2OS.